The summed E-state index contributed by atoms with van der Waals surface area (Å²) in [4.78, 5) is 27.1. The van der Waals surface area contributed by atoms with Crippen LogP contribution in [-0.4, -0.2) is 66.9 Å². The summed E-state index contributed by atoms with van der Waals surface area (Å²) in [5.74, 6) is -1.45. The molecule has 3 aromatic heterocycles. The van der Waals surface area contributed by atoms with Crippen molar-refractivity contribution in [1.29, 1.82) is 0 Å². The van der Waals surface area contributed by atoms with Gasteiger partial charge in [-0.1, -0.05) is 6.07 Å². The lowest BCUT2D eigenvalue weighted by atomic mass is 10.1. The molecule has 0 atom stereocenters. The quantitative estimate of drug-likeness (QED) is 0.303. The summed E-state index contributed by atoms with van der Waals surface area (Å²) in [6.45, 7) is 2.45. The van der Waals surface area contributed by atoms with E-state index in [4.69, 9.17) is 4.74 Å². The summed E-state index contributed by atoms with van der Waals surface area (Å²) >= 11 is 0. The minimum absolute atomic E-state index is 0.00602. The molecule has 12 heteroatoms. The van der Waals surface area contributed by atoms with Crippen molar-refractivity contribution < 1.29 is 18.3 Å². The molecule has 0 aliphatic carbocycles. The van der Waals surface area contributed by atoms with Gasteiger partial charge in [0.25, 0.3) is 11.5 Å². The van der Waals surface area contributed by atoms with Gasteiger partial charge < -0.3 is 9.64 Å². The van der Waals surface area contributed by atoms with E-state index in [2.05, 4.69) is 20.4 Å². The summed E-state index contributed by atoms with van der Waals surface area (Å²) in [7, 11) is 0. The number of halogens is 2. The highest BCUT2D eigenvalue weighted by atomic mass is 19.1. The molecule has 0 spiro atoms. The third-order valence-corrected chi connectivity index (χ3v) is 7.43. The van der Waals surface area contributed by atoms with Crippen LogP contribution in [0.1, 0.15) is 15.9 Å². The van der Waals surface area contributed by atoms with Crippen molar-refractivity contribution in [1.82, 2.24) is 34.7 Å². The lowest BCUT2D eigenvalue weighted by Crippen LogP contribution is -2.40. The molecule has 7 rings (SSSR count). The summed E-state index contributed by atoms with van der Waals surface area (Å²) in [5, 5.41) is 16.0. The smallest absolute Gasteiger partial charge is 0.267 e. The topological polar surface area (TPSA) is 114 Å². The molecule has 1 amide bonds. The molecule has 4 heterocycles. The zero-order valence-electron chi connectivity index (χ0n) is 22.8. The fourth-order valence-corrected chi connectivity index (χ4v) is 5.18. The monoisotopic (exact) mass is 581 g/mol. The zero-order chi connectivity index (χ0) is 29.5. The maximum atomic E-state index is 13.7. The molecule has 10 nitrogen and oxygen atoms in total. The van der Waals surface area contributed by atoms with Crippen LogP contribution in [0.2, 0.25) is 0 Å². The zero-order valence-corrected chi connectivity index (χ0v) is 22.8. The van der Waals surface area contributed by atoms with Crippen molar-refractivity contribution in [3.8, 4) is 28.3 Å². The first-order valence-electron chi connectivity index (χ1n) is 13.7. The van der Waals surface area contributed by atoms with Crippen molar-refractivity contribution in [3.63, 3.8) is 0 Å². The van der Waals surface area contributed by atoms with E-state index in [-0.39, 0.29) is 29.3 Å². The summed E-state index contributed by atoms with van der Waals surface area (Å²) in [6, 6.07) is 19.0. The van der Waals surface area contributed by atoms with Crippen LogP contribution in [0.5, 0.6) is 0 Å². The second-order valence-electron chi connectivity index (χ2n) is 10.3. The molecule has 0 unspecified atom stereocenters. The predicted molar refractivity (Wildman–Crippen MR) is 155 cm³/mol. The van der Waals surface area contributed by atoms with E-state index in [1.807, 2.05) is 53.3 Å². The van der Waals surface area contributed by atoms with Crippen LogP contribution in [0, 0.1) is 11.6 Å². The number of hydrogen-bond donors (Lipinski definition) is 2. The van der Waals surface area contributed by atoms with Gasteiger partial charge in [0.15, 0.2) is 0 Å². The average molecular weight is 582 g/mol. The van der Waals surface area contributed by atoms with Gasteiger partial charge in [-0.15, -0.1) is 0 Å². The number of fused-ring (bicyclic) bond motifs is 1. The van der Waals surface area contributed by atoms with Crippen molar-refractivity contribution in [2.45, 2.75) is 6.54 Å². The van der Waals surface area contributed by atoms with Crippen LogP contribution < -0.4 is 5.56 Å². The Morgan fingerprint density at radius 3 is 2.42 bits per heavy atom. The third-order valence-electron chi connectivity index (χ3n) is 7.43. The molecule has 1 aliphatic heterocycles. The van der Waals surface area contributed by atoms with Crippen LogP contribution >= 0.6 is 0 Å². The molecule has 0 bridgehead atoms. The van der Waals surface area contributed by atoms with Crippen molar-refractivity contribution >= 4 is 16.8 Å². The number of carbonyl (C=O) groups is 1. The van der Waals surface area contributed by atoms with Gasteiger partial charge in [0.05, 0.1) is 42.9 Å². The molecular weight excluding hydrogens is 556 g/mol. The number of aromatic nitrogens is 6. The lowest BCUT2D eigenvalue weighted by Gasteiger charge is -2.27. The Kier molecular flexibility index (Phi) is 6.67. The Morgan fingerprint density at radius 2 is 1.67 bits per heavy atom. The second-order valence-corrected chi connectivity index (χ2v) is 10.3. The number of ether oxygens (including phenoxy) is 1. The van der Waals surface area contributed by atoms with Gasteiger partial charge in [0, 0.05) is 41.7 Å². The van der Waals surface area contributed by atoms with Crippen LogP contribution in [0.4, 0.5) is 8.78 Å². The number of hydrogen-bond acceptors (Lipinski definition) is 5. The van der Waals surface area contributed by atoms with E-state index in [1.54, 1.807) is 4.90 Å². The van der Waals surface area contributed by atoms with Crippen LogP contribution in [0.15, 0.2) is 83.8 Å². The van der Waals surface area contributed by atoms with E-state index < -0.39 is 11.6 Å². The SMILES string of the molecule is O=C(c1ccc(-n2cc(-c3n[nH]c4ccc(Cn5nc(-c6cc(F)cc(F)c6)ccc5=O)cc34)[nH]2)cc1)N1CCOCC1. The Bertz CT molecular complexity index is 1980. The number of morpholine rings is 1. The van der Waals surface area contributed by atoms with Crippen molar-refractivity contribution in [2.24, 2.45) is 0 Å². The van der Waals surface area contributed by atoms with E-state index in [0.29, 0.717) is 37.6 Å². The van der Waals surface area contributed by atoms with Gasteiger partial charge in [-0.2, -0.15) is 10.2 Å². The maximum Gasteiger partial charge on any atom is 0.267 e. The van der Waals surface area contributed by atoms with Crippen LogP contribution in [0.25, 0.3) is 39.2 Å². The van der Waals surface area contributed by atoms with Gasteiger partial charge in [-0.3, -0.25) is 24.5 Å². The first kappa shape index (κ1) is 26.5. The number of amides is 1. The van der Waals surface area contributed by atoms with E-state index in [0.717, 1.165) is 33.9 Å². The van der Waals surface area contributed by atoms with E-state index in [1.165, 1.54) is 28.9 Å². The summed E-state index contributed by atoms with van der Waals surface area (Å²) in [6.07, 6.45) is 1.91. The van der Waals surface area contributed by atoms with Gasteiger partial charge >= 0.3 is 0 Å². The third kappa shape index (κ3) is 5.24. The standard InChI is InChI=1S/C31H25F2N7O3/c32-22-14-21(15-23(33)16-22)26-7-8-29(41)40(36-26)17-19-1-6-27-25(13-19)30(35-34-27)28-18-39(37-28)24-4-2-20(3-5-24)31(42)38-9-11-43-12-10-38/h1-8,13-16,18,37H,9-12,17H2,(H,34,35). The Balaban J connectivity index is 1.11. The highest BCUT2D eigenvalue weighted by Gasteiger charge is 2.19. The average Bonchev–Trinajstić information content (AvgIpc) is 3.40. The van der Waals surface area contributed by atoms with Crippen LogP contribution in [0.3, 0.4) is 0 Å². The summed E-state index contributed by atoms with van der Waals surface area (Å²) in [5.41, 5.74) is 4.79. The van der Waals surface area contributed by atoms with Crippen LogP contribution in [-0.2, 0) is 11.3 Å². The molecule has 1 aliphatic rings. The highest BCUT2D eigenvalue weighted by Crippen LogP contribution is 2.28. The first-order chi connectivity index (χ1) is 20.9. The number of H-pyrrole nitrogens is 2. The molecule has 6 aromatic rings. The predicted octanol–water partition coefficient (Wildman–Crippen LogP) is 4.37. The fraction of sp³-hybridized carbons (Fsp3) is 0.161. The summed E-state index contributed by atoms with van der Waals surface area (Å²) < 4.78 is 35.9. The number of nitrogens with one attached hydrogen (secondary N) is 2. The van der Waals surface area contributed by atoms with Crippen molar-refractivity contribution in [2.75, 3.05) is 26.3 Å². The Morgan fingerprint density at radius 1 is 0.930 bits per heavy atom. The number of rotatable bonds is 6. The molecular formula is C31H25F2N7O3. The number of aromatic amines is 2. The molecule has 0 radical (unpaired) electrons. The normalized spacial score (nSPS) is 13.6. The molecule has 216 valence electrons. The first-order valence-corrected chi connectivity index (χ1v) is 13.7. The van der Waals surface area contributed by atoms with Gasteiger partial charge in [-0.25, -0.2) is 13.5 Å². The van der Waals surface area contributed by atoms with Gasteiger partial charge in [0.2, 0.25) is 0 Å². The molecule has 1 fully saturated rings. The molecule has 2 N–H and O–H groups in total. The van der Waals surface area contributed by atoms with E-state index >= 15 is 0 Å². The minimum atomic E-state index is -0.721. The molecule has 43 heavy (non-hydrogen) atoms. The fourth-order valence-electron chi connectivity index (χ4n) is 5.18. The molecule has 3 aromatic carbocycles. The largest absolute Gasteiger partial charge is 0.378 e. The van der Waals surface area contributed by atoms with E-state index in [9.17, 15) is 18.4 Å². The molecule has 1 saturated heterocycles. The van der Waals surface area contributed by atoms with Gasteiger partial charge in [0.1, 0.15) is 23.0 Å². The van der Waals surface area contributed by atoms with Gasteiger partial charge in [-0.05, 0) is 60.2 Å². The Hall–Kier alpha value is -5.36. The van der Waals surface area contributed by atoms with Crippen molar-refractivity contribution in [3.05, 3.63) is 112 Å². The minimum Gasteiger partial charge on any atom is -0.378 e. The number of nitrogens with zero attached hydrogens (tertiary/aromatic N) is 5. The molecule has 0 saturated carbocycles. The number of carbonyl (C=O) groups excluding carboxylic acids is 1. The highest BCUT2D eigenvalue weighted by molar-refractivity contribution is 5.94. The Labute approximate surface area is 243 Å². The second kappa shape index (κ2) is 10.8. The number of benzene rings is 3. The lowest BCUT2D eigenvalue weighted by molar-refractivity contribution is 0.0303. The maximum absolute atomic E-state index is 13.7.